The summed E-state index contributed by atoms with van der Waals surface area (Å²) in [5.74, 6) is 1.48. The largest absolute Gasteiger partial charge is 0.334 e. The van der Waals surface area contributed by atoms with E-state index in [1.807, 2.05) is 42.9 Å². The van der Waals surface area contributed by atoms with Gasteiger partial charge in [0.05, 0.1) is 11.6 Å². The number of pyridine rings is 1. The molecule has 0 atom stereocenters. The molecule has 2 aromatic heterocycles. The van der Waals surface area contributed by atoms with Crippen LogP contribution in [0.4, 0.5) is 0 Å². The zero-order valence-electron chi connectivity index (χ0n) is 13.8. The van der Waals surface area contributed by atoms with Crippen LogP contribution in [0.1, 0.15) is 35.7 Å². The van der Waals surface area contributed by atoms with Crippen LogP contribution in [0.25, 0.3) is 22.5 Å². The van der Waals surface area contributed by atoms with Gasteiger partial charge < -0.3 is 4.57 Å². The zero-order chi connectivity index (χ0) is 16.7. The minimum atomic E-state index is 0.610. The van der Waals surface area contributed by atoms with Gasteiger partial charge in [0.2, 0.25) is 0 Å². The minimum Gasteiger partial charge on any atom is -0.334 e. The number of nitrogens with zero attached hydrogens (tertiary/aromatic N) is 4. The molecule has 3 aromatic rings. The summed E-state index contributed by atoms with van der Waals surface area (Å²) in [6.07, 6.45) is 6.17. The van der Waals surface area contributed by atoms with Crippen molar-refractivity contribution in [3.63, 3.8) is 0 Å². The van der Waals surface area contributed by atoms with Crippen LogP contribution in [0.3, 0.4) is 0 Å². The van der Waals surface area contributed by atoms with E-state index in [0.29, 0.717) is 11.5 Å². The van der Waals surface area contributed by atoms with Crippen LogP contribution in [0, 0.1) is 18.3 Å². The molecule has 0 radical (unpaired) electrons. The molecule has 0 saturated heterocycles. The molecule has 1 saturated carbocycles. The third-order valence-corrected chi connectivity index (χ3v) is 4.49. The minimum absolute atomic E-state index is 0.610. The van der Waals surface area contributed by atoms with E-state index in [0.717, 1.165) is 28.2 Å². The van der Waals surface area contributed by atoms with Crippen LogP contribution in [-0.4, -0.2) is 14.5 Å². The second-order valence-corrected chi connectivity index (χ2v) is 6.43. The standard InChI is InChI=1S/C20H18N4/c1-13-9-16(11-19(23-13)15-4-5-15)17-6-3-14(12-21)10-18(17)20-22-7-8-24(20)2/h3,6-11,15H,4-5H2,1-2H3. The van der Waals surface area contributed by atoms with Crippen LogP contribution in [0.15, 0.2) is 42.7 Å². The maximum absolute atomic E-state index is 9.27. The lowest BCUT2D eigenvalue weighted by Gasteiger charge is -2.12. The monoisotopic (exact) mass is 314 g/mol. The topological polar surface area (TPSA) is 54.5 Å². The Morgan fingerprint density at radius 1 is 1.17 bits per heavy atom. The summed E-state index contributed by atoms with van der Waals surface area (Å²) < 4.78 is 1.98. The molecule has 1 aromatic carbocycles. The van der Waals surface area contributed by atoms with Crippen molar-refractivity contribution >= 4 is 0 Å². The van der Waals surface area contributed by atoms with E-state index in [9.17, 15) is 5.26 Å². The Morgan fingerprint density at radius 2 is 2.00 bits per heavy atom. The van der Waals surface area contributed by atoms with Crippen molar-refractivity contribution in [3.8, 4) is 28.6 Å². The first-order valence-electron chi connectivity index (χ1n) is 8.16. The molecule has 24 heavy (non-hydrogen) atoms. The van der Waals surface area contributed by atoms with Gasteiger partial charge in [0.25, 0.3) is 0 Å². The molecule has 0 bridgehead atoms. The zero-order valence-corrected chi connectivity index (χ0v) is 13.8. The number of benzene rings is 1. The number of rotatable bonds is 3. The van der Waals surface area contributed by atoms with E-state index in [2.05, 4.69) is 23.2 Å². The van der Waals surface area contributed by atoms with E-state index >= 15 is 0 Å². The smallest absolute Gasteiger partial charge is 0.140 e. The van der Waals surface area contributed by atoms with Crippen LogP contribution in [0.5, 0.6) is 0 Å². The van der Waals surface area contributed by atoms with Gasteiger partial charge >= 0.3 is 0 Å². The number of aryl methyl sites for hydroxylation is 2. The average molecular weight is 314 g/mol. The molecule has 0 unspecified atom stereocenters. The van der Waals surface area contributed by atoms with Crippen LogP contribution in [-0.2, 0) is 7.05 Å². The van der Waals surface area contributed by atoms with Gasteiger partial charge in [-0.05, 0) is 55.2 Å². The number of hydrogen-bond donors (Lipinski definition) is 0. The highest BCUT2D eigenvalue weighted by molar-refractivity contribution is 5.82. The lowest BCUT2D eigenvalue weighted by Crippen LogP contribution is -1.97. The van der Waals surface area contributed by atoms with Crippen LogP contribution >= 0.6 is 0 Å². The summed E-state index contributed by atoms with van der Waals surface area (Å²) in [5.41, 5.74) is 6.08. The Labute approximate surface area is 141 Å². The molecule has 0 N–H and O–H groups in total. The summed E-state index contributed by atoms with van der Waals surface area (Å²) in [7, 11) is 1.97. The molecule has 4 nitrogen and oxygen atoms in total. The second-order valence-electron chi connectivity index (χ2n) is 6.43. The quantitative estimate of drug-likeness (QED) is 0.728. The number of nitriles is 1. The van der Waals surface area contributed by atoms with Crippen molar-refractivity contribution in [1.82, 2.24) is 14.5 Å². The molecule has 0 amide bonds. The third-order valence-electron chi connectivity index (χ3n) is 4.49. The summed E-state index contributed by atoms with van der Waals surface area (Å²) >= 11 is 0. The molecule has 4 rings (SSSR count). The first-order chi connectivity index (χ1) is 11.7. The predicted octanol–water partition coefficient (Wildman–Crippen LogP) is 4.21. The lowest BCUT2D eigenvalue weighted by molar-refractivity contribution is 0.925. The number of hydrogen-bond acceptors (Lipinski definition) is 3. The Morgan fingerprint density at radius 3 is 2.67 bits per heavy atom. The lowest BCUT2D eigenvalue weighted by atomic mass is 9.96. The van der Waals surface area contributed by atoms with E-state index in [1.54, 1.807) is 6.20 Å². The summed E-state index contributed by atoms with van der Waals surface area (Å²) in [4.78, 5) is 9.17. The molecule has 4 heteroatoms. The SMILES string of the molecule is Cc1cc(-c2ccc(C#N)cc2-c2nccn2C)cc(C2CC2)n1. The number of aromatic nitrogens is 3. The molecule has 0 spiro atoms. The van der Waals surface area contributed by atoms with Gasteiger partial charge in [-0.3, -0.25) is 4.98 Å². The first-order valence-corrected chi connectivity index (χ1v) is 8.16. The summed E-state index contributed by atoms with van der Waals surface area (Å²) in [6.45, 7) is 2.04. The van der Waals surface area contributed by atoms with Gasteiger partial charge in [0.15, 0.2) is 0 Å². The van der Waals surface area contributed by atoms with E-state index in [1.165, 1.54) is 18.5 Å². The highest BCUT2D eigenvalue weighted by Gasteiger charge is 2.26. The van der Waals surface area contributed by atoms with Crippen molar-refractivity contribution in [3.05, 3.63) is 59.7 Å². The Kier molecular flexibility index (Phi) is 3.42. The third kappa shape index (κ3) is 2.59. The average Bonchev–Trinajstić information content (AvgIpc) is 3.35. The van der Waals surface area contributed by atoms with Gasteiger partial charge in [0.1, 0.15) is 5.82 Å². The summed E-state index contributed by atoms with van der Waals surface area (Å²) in [6, 6.07) is 12.3. The Bertz CT molecular complexity index is 958. The van der Waals surface area contributed by atoms with E-state index < -0.39 is 0 Å². The Hall–Kier alpha value is -2.93. The van der Waals surface area contributed by atoms with Crippen molar-refractivity contribution in [2.75, 3.05) is 0 Å². The van der Waals surface area contributed by atoms with Crippen molar-refractivity contribution in [2.24, 2.45) is 7.05 Å². The second kappa shape index (κ2) is 5.61. The fraction of sp³-hybridized carbons (Fsp3) is 0.250. The van der Waals surface area contributed by atoms with Gasteiger partial charge in [-0.25, -0.2) is 4.98 Å². The maximum Gasteiger partial charge on any atom is 0.140 e. The fourth-order valence-electron chi connectivity index (χ4n) is 3.11. The molecule has 0 aliphatic heterocycles. The molecular formula is C20H18N4. The number of imidazole rings is 1. The normalized spacial score (nSPS) is 13.7. The molecule has 2 heterocycles. The maximum atomic E-state index is 9.27. The van der Waals surface area contributed by atoms with Gasteiger partial charge in [-0.2, -0.15) is 5.26 Å². The van der Waals surface area contributed by atoms with Gasteiger partial charge in [0, 0.05) is 42.3 Å². The van der Waals surface area contributed by atoms with Crippen molar-refractivity contribution < 1.29 is 0 Å². The molecule has 1 aliphatic carbocycles. The first kappa shape index (κ1) is 14.6. The van der Waals surface area contributed by atoms with E-state index in [-0.39, 0.29) is 0 Å². The van der Waals surface area contributed by atoms with Gasteiger partial charge in [-0.15, -0.1) is 0 Å². The van der Waals surface area contributed by atoms with Gasteiger partial charge in [-0.1, -0.05) is 6.07 Å². The molecule has 1 aliphatic rings. The van der Waals surface area contributed by atoms with Crippen LogP contribution < -0.4 is 0 Å². The Balaban J connectivity index is 1.92. The molecule has 1 fully saturated rings. The summed E-state index contributed by atoms with van der Waals surface area (Å²) in [5, 5.41) is 9.27. The highest BCUT2D eigenvalue weighted by atomic mass is 15.0. The fourth-order valence-corrected chi connectivity index (χ4v) is 3.11. The van der Waals surface area contributed by atoms with E-state index in [4.69, 9.17) is 4.98 Å². The highest BCUT2D eigenvalue weighted by Crippen LogP contribution is 2.41. The van der Waals surface area contributed by atoms with Crippen molar-refractivity contribution in [1.29, 1.82) is 5.26 Å². The van der Waals surface area contributed by atoms with Crippen LogP contribution in [0.2, 0.25) is 0 Å². The van der Waals surface area contributed by atoms with Crippen molar-refractivity contribution in [2.45, 2.75) is 25.7 Å². The molecular weight excluding hydrogens is 296 g/mol. The molecule has 118 valence electrons. The predicted molar refractivity (Wildman–Crippen MR) is 93.3 cm³/mol.